The Bertz CT molecular complexity index is 1560. The van der Waals surface area contributed by atoms with Crippen LogP contribution in [0.4, 0.5) is 10.8 Å². The van der Waals surface area contributed by atoms with Crippen molar-refractivity contribution in [1.29, 1.82) is 0 Å². The van der Waals surface area contributed by atoms with E-state index in [0.717, 1.165) is 39.0 Å². The second kappa shape index (κ2) is 12.4. The van der Waals surface area contributed by atoms with Gasteiger partial charge in [0.15, 0.2) is 5.13 Å². The van der Waals surface area contributed by atoms with E-state index in [1.165, 1.54) is 16.9 Å². The molecule has 194 valence electrons. The molecule has 1 amide bonds. The van der Waals surface area contributed by atoms with Crippen LogP contribution in [0.3, 0.4) is 0 Å². The standard InChI is InChI=1S/C31H25ClN4O2S/c1-21-2-14-27(15-3-21)34-31-35-29(20-39-31)24-8-10-25(11-9-24)30(37)36-33-18-22-6-16-28(17-7-22)38-19-23-4-12-26(32)13-5-23/h2-18,20H,19H2,1H3,(H,34,35)(H,36,37)/b33-18-. The predicted molar refractivity (Wildman–Crippen MR) is 159 cm³/mol. The molecule has 5 aromatic rings. The number of amides is 1. The van der Waals surface area contributed by atoms with Gasteiger partial charge in [-0.25, -0.2) is 10.4 Å². The summed E-state index contributed by atoms with van der Waals surface area (Å²) in [6.45, 7) is 2.51. The van der Waals surface area contributed by atoms with Crippen molar-refractivity contribution in [2.45, 2.75) is 13.5 Å². The van der Waals surface area contributed by atoms with E-state index in [1.54, 1.807) is 18.3 Å². The van der Waals surface area contributed by atoms with Crippen molar-refractivity contribution < 1.29 is 9.53 Å². The fourth-order valence-electron chi connectivity index (χ4n) is 3.64. The highest BCUT2D eigenvalue weighted by molar-refractivity contribution is 7.14. The van der Waals surface area contributed by atoms with Crippen LogP contribution in [-0.2, 0) is 6.61 Å². The summed E-state index contributed by atoms with van der Waals surface area (Å²) in [6, 6.07) is 30.5. The van der Waals surface area contributed by atoms with Crippen molar-refractivity contribution in [1.82, 2.24) is 10.4 Å². The zero-order valence-corrected chi connectivity index (χ0v) is 22.7. The summed E-state index contributed by atoms with van der Waals surface area (Å²) in [6.07, 6.45) is 1.59. The van der Waals surface area contributed by atoms with E-state index in [-0.39, 0.29) is 5.91 Å². The molecule has 6 nitrogen and oxygen atoms in total. The van der Waals surface area contributed by atoms with Gasteiger partial charge in [-0.15, -0.1) is 11.3 Å². The minimum absolute atomic E-state index is 0.291. The Kier molecular flexibility index (Phi) is 8.31. The number of aryl methyl sites for hydroxylation is 1. The van der Waals surface area contributed by atoms with Crippen LogP contribution in [0.1, 0.15) is 27.0 Å². The Hall–Kier alpha value is -4.46. The Labute approximate surface area is 236 Å². The van der Waals surface area contributed by atoms with Gasteiger partial charge in [0, 0.05) is 27.2 Å². The van der Waals surface area contributed by atoms with Gasteiger partial charge in [0.2, 0.25) is 0 Å². The Morgan fingerprint density at radius 1 is 0.949 bits per heavy atom. The minimum Gasteiger partial charge on any atom is -0.489 e. The summed E-state index contributed by atoms with van der Waals surface area (Å²) < 4.78 is 5.80. The summed E-state index contributed by atoms with van der Waals surface area (Å²) >= 11 is 7.45. The van der Waals surface area contributed by atoms with Gasteiger partial charge in [-0.3, -0.25) is 4.79 Å². The third kappa shape index (κ3) is 7.31. The van der Waals surface area contributed by atoms with Crippen molar-refractivity contribution in [3.8, 4) is 17.0 Å². The fraction of sp³-hybridized carbons (Fsp3) is 0.0645. The molecule has 39 heavy (non-hydrogen) atoms. The minimum atomic E-state index is -0.291. The number of hydrogen-bond acceptors (Lipinski definition) is 6. The molecule has 0 aliphatic heterocycles. The molecule has 2 N–H and O–H groups in total. The zero-order valence-electron chi connectivity index (χ0n) is 21.1. The smallest absolute Gasteiger partial charge is 0.271 e. The molecule has 1 aromatic heterocycles. The number of anilines is 2. The van der Waals surface area contributed by atoms with E-state index in [1.807, 2.05) is 78.2 Å². The maximum absolute atomic E-state index is 12.5. The van der Waals surface area contributed by atoms with Gasteiger partial charge in [-0.1, -0.05) is 53.6 Å². The fourth-order valence-corrected chi connectivity index (χ4v) is 4.51. The number of hydrogen-bond donors (Lipinski definition) is 2. The molecular formula is C31H25ClN4O2S. The predicted octanol–water partition coefficient (Wildman–Crippen LogP) is 7.86. The Morgan fingerprint density at radius 3 is 2.38 bits per heavy atom. The first kappa shape index (κ1) is 26.2. The number of aromatic nitrogens is 1. The molecule has 0 aliphatic carbocycles. The van der Waals surface area contributed by atoms with E-state index >= 15 is 0 Å². The molecule has 0 spiro atoms. The van der Waals surface area contributed by atoms with Crippen molar-refractivity contribution in [3.63, 3.8) is 0 Å². The van der Waals surface area contributed by atoms with Crippen LogP contribution in [0.2, 0.25) is 5.02 Å². The monoisotopic (exact) mass is 552 g/mol. The molecule has 4 aromatic carbocycles. The van der Waals surface area contributed by atoms with Gasteiger partial charge in [0.25, 0.3) is 5.91 Å². The molecule has 5 rings (SSSR count). The first-order valence-corrected chi connectivity index (χ1v) is 13.5. The molecule has 0 unspecified atom stereocenters. The number of rotatable bonds is 9. The van der Waals surface area contributed by atoms with E-state index in [9.17, 15) is 4.79 Å². The molecule has 0 fully saturated rings. The quantitative estimate of drug-likeness (QED) is 0.144. The van der Waals surface area contributed by atoms with Crippen LogP contribution < -0.4 is 15.5 Å². The number of hydrazone groups is 1. The van der Waals surface area contributed by atoms with Crippen molar-refractivity contribution >= 4 is 45.9 Å². The molecule has 1 heterocycles. The largest absolute Gasteiger partial charge is 0.489 e. The number of nitrogens with one attached hydrogen (secondary N) is 2. The molecule has 0 aliphatic rings. The third-order valence-corrected chi connectivity index (χ3v) is 6.84. The van der Waals surface area contributed by atoms with Crippen molar-refractivity contribution in [3.05, 3.63) is 130 Å². The Balaban J connectivity index is 1.11. The number of nitrogens with zero attached hydrogens (tertiary/aromatic N) is 2. The van der Waals surface area contributed by atoms with Crippen LogP contribution >= 0.6 is 22.9 Å². The lowest BCUT2D eigenvalue weighted by atomic mass is 10.1. The summed E-state index contributed by atoms with van der Waals surface area (Å²) in [5.74, 6) is 0.449. The number of ether oxygens (including phenoxy) is 1. The maximum atomic E-state index is 12.5. The van der Waals surface area contributed by atoms with Crippen LogP contribution in [-0.4, -0.2) is 17.1 Å². The second-order valence-corrected chi connectivity index (χ2v) is 10.1. The summed E-state index contributed by atoms with van der Waals surface area (Å²) in [4.78, 5) is 17.2. The lowest BCUT2D eigenvalue weighted by Crippen LogP contribution is -2.17. The SMILES string of the molecule is Cc1ccc(Nc2nc(-c3ccc(C(=O)N/N=C\c4ccc(OCc5ccc(Cl)cc5)cc4)cc3)cs2)cc1. The highest BCUT2D eigenvalue weighted by Gasteiger charge is 2.08. The van der Waals surface area contributed by atoms with Crippen LogP contribution in [0, 0.1) is 6.92 Å². The molecule has 0 atom stereocenters. The molecular weight excluding hydrogens is 528 g/mol. The van der Waals surface area contributed by atoms with E-state index in [4.69, 9.17) is 16.3 Å². The highest BCUT2D eigenvalue weighted by Crippen LogP contribution is 2.27. The number of carbonyl (C=O) groups is 1. The number of thiazole rings is 1. The van der Waals surface area contributed by atoms with E-state index in [0.29, 0.717) is 17.2 Å². The number of carbonyl (C=O) groups excluding carboxylic acids is 1. The molecule has 8 heteroatoms. The Morgan fingerprint density at radius 2 is 1.67 bits per heavy atom. The number of halogens is 1. The summed E-state index contributed by atoms with van der Waals surface area (Å²) in [7, 11) is 0. The average Bonchev–Trinajstić information content (AvgIpc) is 3.43. The van der Waals surface area contributed by atoms with Crippen molar-refractivity contribution in [2.75, 3.05) is 5.32 Å². The van der Waals surface area contributed by atoms with E-state index in [2.05, 4.69) is 39.9 Å². The third-order valence-electron chi connectivity index (χ3n) is 5.83. The summed E-state index contributed by atoms with van der Waals surface area (Å²) in [5, 5.41) is 10.9. The lowest BCUT2D eigenvalue weighted by Gasteiger charge is -2.06. The molecule has 0 saturated heterocycles. The number of benzene rings is 4. The first-order chi connectivity index (χ1) is 19.0. The van der Waals surface area contributed by atoms with Crippen molar-refractivity contribution in [2.24, 2.45) is 5.10 Å². The average molecular weight is 553 g/mol. The van der Waals surface area contributed by atoms with Crippen LogP contribution in [0.25, 0.3) is 11.3 Å². The van der Waals surface area contributed by atoms with Gasteiger partial charge in [-0.05, 0) is 78.7 Å². The van der Waals surface area contributed by atoms with Gasteiger partial charge >= 0.3 is 0 Å². The van der Waals surface area contributed by atoms with Gasteiger partial charge in [-0.2, -0.15) is 5.10 Å². The van der Waals surface area contributed by atoms with Gasteiger partial charge in [0.1, 0.15) is 12.4 Å². The van der Waals surface area contributed by atoms with E-state index < -0.39 is 0 Å². The molecule has 0 bridgehead atoms. The molecule has 0 saturated carbocycles. The van der Waals surface area contributed by atoms with Crippen LogP contribution in [0.15, 0.2) is 108 Å². The lowest BCUT2D eigenvalue weighted by molar-refractivity contribution is 0.0955. The van der Waals surface area contributed by atoms with Gasteiger partial charge in [0.05, 0.1) is 11.9 Å². The zero-order chi connectivity index (χ0) is 27.0. The highest BCUT2D eigenvalue weighted by atomic mass is 35.5. The second-order valence-electron chi connectivity index (χ2n) is 8.79. The first-order valence-electron chi connectivity index (χ1n) is 12.2. The maximum Gasteiger partial charge on any atom is 0.271 e. The molecule has 0 radical (unpaired) electrons. The normalized spacial score (nSPS) is 10.9. The van der Waals surface area contributed by atoms with Crippen LogP contribution in [0.5, 0.6) is 5.75 Å². The topological polar surface area (TPSA) is 75.6 Å². The van der Waals surface area contributed by atoms with Gasteiger partial charge < -0.3 is 10.1 Å². The summed E-state index contributed by atoms with van der Waals surface area (Å²) in [5.41, 5.74) is 8.93.